The lowest BCUT2D eigenvalue weighted by Crippen LogP contribution is -2.44. The molecule has 3 aliphatic rings. The van der Waals surface area contributed by atoms with Gasteiger partial charge in [-0.05, 0) is 62.8 Å². The normalized spacial score (nSPS) is 20.6. The number of primary amides is 1. The van der Waals surface area contributed by atoms with Crippen LogP contribution in [0.3, 0.4) is 0 Å². The number of hydrogen-bond acceptors (Lipinski definition) is 8. The van der Waals surface area contributed by atoms with E-state index in [1.165, 1.54) is 19.4 Å². The van der Waals surface area contributed by atoms with E-state index >= 15 is 4.39 Å². The van der Waals surface area contributed by atoms with Gasteiger partial charge in [0.05, 0.1) is 25.4 Å². The SMILES string of the molecule is COc1cc(C(=O)NC[C@](O)(c2cc3c(c(-c4ccnc(Cl)c4F)n2)OC[C@]3(C)C(N)=O)C2CC2)cc2cn(C3CC3)nc12. The van der Waals surface area contributed by atoms with Crippen molar-refractivity contribution < 1.29 is 28.6 Å². The molecule has 2 saturated carbocycles. The Kier molecular flexibility index (Phi) is 6.56. The van der Waals surface area contributed by atoms with Gasteiger partial charge in [0.1, 0.15) is 40.3 Å². The number of rotatable bonds is 9. The number of halogens is 2. The Morgan fingerprint density at radius 3 is 2.75 bits per heavy atom. The minimum Gasteiger partial charge on any atom is -0.494 e. The number of aliphatic hydroxyl groups is 1. The molecule has 7 rings (SSSR count). The van der Waals surface area contributed by atoms with Gasteiger partial charge in [0.25, 0.3) is 5.91 Å². The quantitative estimate of drug-likeness (QED) is 0.239. The monoisotopic (exact) mass is 620 g/mol. The molecule has 4 heterocycles. The summed E-state index contributed by atoms with van der Waals surface area (Å²) < 4.78 is 28.6. The van der Waals surface area contributed by atoms with Crippen LogP contribution in [-0.2, 0) is 15.8 Å². The summed E-state index contributed by atoms with van der Waals surface area (Å²) in [5.41, 5.74) is 4.44. The van der Waals surface area contributed by atoms with Crippen LogP contribution in [0.5, 0.6) is 11.5 Å². The van der Waals surface area contributed by atoms with Crippen molar-refractivity contribution >= 4 is 34.3 Å². The molecular formula is C31H30ClFN6O5. The zero-order chi connectivity index (χ0) is 31.0. The second-order valence-electron chi connectivity index (χ2n) is 12.0. The average molecular weight is 621 g/mol. The molecule has 2 amide bonds. The van der Waals surface area contributed by atoms with E-state index in [1.54, 1.807) is 25.1 Å². The van der Waals surface area contributed by atoms with E-state index in [-0.39, 0.29) is 46.9 Å². The number of ether oxygens (including phenoxy) is 2. The smallest absolute Gasteiger partial charge is 0.251 e. The largest absolute Gasteiger partial charge is 0.494 e. The number of pyridine rings is 2. The molecule has 44 heavy (non-hydrogen) atoms. The second-order valence-corrected chi connectivity index (χ2v) is 12.4. The van der Waals surface area contributed by atoms with Gasteiger partial charge < -0.3 is 25.6 Å². The Hall–Kier alpha value is -4.29. The van der Waals surface area contributed by atoms with Crippen LogP contribution in [0.1, 0.15) is 60.3 Å². The summed E-state index contributed by atoms with van der Waals surface area (Å²) in [4.78, 5) is 34.6. The van der Waals surface area contributed by atoms with Gasteiger partial charge in [-0.2, -0.15) is 5.10 Å². The third kappa shape index (κ3) is 4.55. The highest BCUT2D eigenvalue weighted by Crippen LogP contribution is 2.50. The summed E-state index contributed by atoms with van der Waals surface area (Å²) in [7, 11) is 1.53. The van der Waals surface area contributed by atoms with Gasteiger partial charge in [0.15, 0.2) is 11.0 Å². The Labute approximate surface area is 256 Å². The molecule has 2 aliphatic carbocycles. The van der Waals surface area contributed by atoms with Crippen molar-refractivity contribution in [3.8, 4) is 22.8 Å². The summed E-state index contributed by atoms with van der Waals surface area (Å²) in [6.07, 6.45) is 6.72. The molecule has 4 aromatic rings. The van der Waals surface area contributed by atoms with Crippen molar-refractivity contribution in [3.63, 3.8) is 0 Å². The summed E-state index contributed by atoms with van der Waals surface area (Å²) in [6, 6.07) is 6.69. The van der Waals surface area contributed by atoms with Crippen LogP contribution in [-0.4, -0.2) is 56.9 Å². The number of aromatic nitrogens is 4. The van der Waals surface area contributed by atoms with Crippen LogP contribution in [0.25, 0.3) is 22.2 Å². The molecule has 0 unspecified atom stereocenters. The fourth-order valence-electron chi connectivity index (χ4n) is 5.85. The van der Waals surface area contributed by atoms with Crippen molar-refractivity contribution in [1.29, 1.82) is 0 Å². The molecule has 228 valence electrons. The fraction of sp³-hybridized carbons (Fsp3) is 0.387. The third-order valence-corrected chi connectivity index (χ3v) is 9.19. The van der Waals surface area contributed by atoms with Crippen LogP contribution in [0.4, 0.5) is 4.39 Å². The molecule has 2 atom stereocenters. The number of hydrogen-bond donors (Lipinski definition) is 3. The Balaban J connectivity index is 1.27. The molecule has 11 nitrogen and oxygen atoms in total. The highest BCUT2D eigenvalue weighted by atomic mass is 35.5. The highest BCUT2D eigenvalue weighted by Gasteiger charge is 2.50. The molecule has 0 radical (unpaired) electrons. The van der Waals surface area contributed by atoms with Crippen LogP contribution in [0.15, 0.2) is 36.7 Å². The van der Waals surface area contributed by atoms with E-state index in [1.807, 2.05) is 10.9 Å². The Morgan fingerprint density at radius 1 is 1.30 bits per heavy atom. The predicted octanol–water partition coefficient (Wildman–Crippen LogP) is 3.79. The Bertz CT molecular complexity index is 1860. The van der Waals surface area contributed by atoms with Gasteiger partial charge in [0, 0.05) is 34.5 Å². The number of benzene rings is 1. The predicted molar refractivity (Wildman–Crippen MR) is 158 cm³/mol. The molecule has 3 aromatic heterocycles. The summed E-state index contributed by atoms with van der Waals surface area (Å²) in [5, 5.41) is 20.1. The highest BCUT2D eigenvalue weighted by molar-refractivity contribution is 6.29. The maximum absolute atomic E-state index is 15.3. The molecule has 0 saturated heterocycles. The second kappa shape index (κ2) is 10.1. The van der Waals surface area contributed by atoms with Crippen molar-refractivity contribution in [2.45, 2.75) is 49.7 Å². The van der Waals surface area contributed by atoms with E-state index in [0.29, 0.717) is 41.3 Å². The molecule has 1 aliphatic heterocycles. The van der Waals surface area contributed by atoms with E-state index < -0.39 is 28.6 Å². The first-order valence-electron chi connectivity index (χ1n) is 14.4. The number of methoxy groups -OCH3 is 1. The maximum Gasteiger partial charge on any atom is 0.251 e. The lowest BCUT2D eigenvalue weighted by Gasteiger charge is -2.30. The minimum absolute atomic E-state index is 0.00820. The third-order valence-electron chi connectivity index (χ3n) is 8.93. The molecule has 13 heteroatoms. The first kappa shape index (κ1) is 28.5. The van der Waals surface area contributed by atoms with Crippen LogP contribution in [0.2, 0.25) is 5.15 Å². The number of carbonyl (C=O) groups is 2. The standard InChI is InChI=1S/C31H30ClFN6O5/c1-30(29(34)41)14-44-26-20(30)11-22(37-25(26)19-7-8-35-27(32)23(19)33)31(42,17-3-4-17)13-36-28(40)15-9-16-12-39(18-5-6-18)38-24(16)21(10-15)43-2/h7-12,17-18,42H,3-6,13-14H2,1-2H3,(H2,34,41)(H,36,40)/t30-,31+/m0/s1. The van der Waals surface area contributed by atoms with Crippen LogP contribution < -0.4 is 20.5 Å². The first-order valence-corrected chi connectivity index (χ1v) is 14.8. The van der Waals surface area contributed by atoms with Gasteiger partial charge >= 0.3 is 0 Å². The molecule has 4 N–H and O–H groups in total. The number of nitrogens with two attached hydrogens (primary N) is 1. The average Bonchev–Trinajstić information content (AvgIpc) is 3.96. The summed E-state index contributed by atoms with van der Waals surface area (Å²) in [5.74, 6) is -1.51. The number of nitrogens with one attached hydrogen (secondary N) is 1. The molecule has 0 spiro atoms. The first-order chi connectivity index (χ1) is 21.0. The minimum atomic E-state index is -1.65. The van der Waals surface area contributed by atoms with Gasteiger partial charge in [-0.15, -0.1) is 0 Å². The summed E-state index contributed by atoms with van der Waals surface area (Å²) >= 11 is 5.99. The van der Waals surface area contributed by atoms with E-state index in [2.05, 4.69) is 20.4 Å². The zero-order valence-corrected chi connectivity index (χ0v) is 24.8. The zero-order valence-electron chi connectivity index (χ0n) is 24.1. The molecule has 1 aromatic carbocycles. The van der Waals surface area contributed by atoms with E-state index in [4.69, 9.17) is 26.8 Å². The van der Waals surface area contributed by atoms with Gasteiger partial charge in [-0.3, -0.25) is 14.3 Å². The van der Waals surface area contributed by atoms with Crippen molar-refractivity contribution in [2.24, 2.45) is 11.7 Å². The number of nitrogens with zero attached hydrogens (tertiary/aromatic N) is 4. The Morgan fingerprint density at radius 2 is 2.07 bits per heavy atom. The van der Waals surface area contributed by atoms with Crippen LogP contribution >= 0.6 is 11.6 Å². The lowest BCUT2D eigenvalue weighted by atomic mass is 9.81. The van der Waals surface area contributed by atoms with E-state index in [0.717, 1.165) is 18.2 Å². The fourth-order valence-corrected chi connectivity index (χ4v) is 6.01. The lowest BCUT2D eigenvalue weighted by molar-refractivity contribution is -0.123. The summed E-state index contributed by atoms with van der Waals surface area (Å²) in [6.45, 7) is 1.34. The van der Waals surface area contributed by atoms with Crippen molar-refractivity contribution in [3.05, 3.63) is 64.5 Å². The van der Waals surface area contributed by atoms with Gasteiger partial charge in [-0.1, -0.05) is 11.6 Å². The number of amides is 2. The van der Waals surface area contributed by atoms with E-state index in [9.17, 15) is 14.7 Å². The van der Waals surface area contributed by atoms with Crippen molar-refractivity contribution in [2.75, 3.05) is 20.3 Å². The number of fused-ring (bicyclic) bond motifs is 2. The number of carbonyl (C=O) groups excluding carboxylic acids is 2. The molecule has 0 bridgehead atoms. The van der Waals surface area contributed by atoms with Crippen LogP contribution in [0, 0.1) is 11.7 Å². The van der Waals surface area contributed by atoms with Crippen molar-refractivity contribution in [1.82, 2.24) is 25.1 Å². The van der Waals surface area contributed by atoms with Gasteiger partial charge in [0.2, 0.25) is 5.91 Å². The maximum atomic E-state index is 15.3. The molecular weight excluding hydrogens is 591 g/mol. The molecule has 2 fully saturated rings. The topological polar surface area (TPSA) is 154 Å². The van der Waals surface area contributed by atoms with Gasteiger partial charge in [-0.25, -0.2) is 14.4 Å².